The molecule has 5 nitrogen and oxygen atoms in total. The Morgan fingerprint density at radius 1 is 1.26 bits per heavy atom. The van der Waals surface area contributed by atoms with Crippen LogP contribution >= 0.6 is 0 Å². The summed E-state index contributed by atoms with van der Waals surface area (Å²) in [4.78, 5) is 21.4. The predicted octanol–water partition coefficient (Wildman–Crippen LogP) is 2.07. The van der Waals surface area contributed by atoms with Crippen LogP contribution in [0, 0.1) is 0 Å². The Hall–Kier alpha value is -2.44. The third-order valence-corrected chi connectivity index (χ3v) is 2.21. The van der Waals surface area contributed by atoms with Crippen LogP contribution < -0.4 is 9.47 Å². The van der Waals surface area contributed by atoms with Gasteiger partial charge in [0.25, 0.3) is 0 Å². The van der Waals surface area contributed by atoms with Crippen LogP contribution in [0.15, 0.2) is 24.3 Å². The van der Waals surface area contributed by atoms with Gasteiger partial charge in [-0.1, -0.05) is 12.1 Å². The fourth-order valence-electron chi connectivity index (χ4n) is 1.47. The van der Waals surface area contributed by atoms with Crippen LogP contribution in [0.25, 0.3) is 6.08 Å². The van der Waals surface area contributed by atoms with Gasteiger partial charge in [0.1, 0.15) is 6.42 Å². The molecule has 0 spiro atoms. The fraction of sp³-hybridized carbons (Fsp3) is 0.167. The second-order valence-corrected chi connectivity index (χ2v) is 3.74. The van der Waals surface area contributed by atoms with Crippen LogP contribution in [0.3, 0.4) is 0 Å². The van der Waals surface area contributed by atoms with Crippen molar-refractivity contribution in [2.45, 2.75) is 12.7 Å². The first kappa shape index (κ1) is 13.0. The summed E-state index contributed by atoms with van der Waals surface area (Å²) in [6, 6.07) is 3.98. The summed E-state index contributed by atoms with van der Waals surface area (Å²) >= 11 is 0. The maximum atomic E-state index is 12.7. The molecule has 0 unspecified atom stereocenters. The first-order valence-corrected chi connectivity index (χ1v) is 5.18. The topological polar surface area (TPSA) is 72.8 Å². The normalized spacial score (nSPS) is 15.7. The summed E-state index contributed by atoms with van der Waals surface area (Å²) in [5.41, 5.74) is 0.416. The van der Waals surface area contributed by atoms with E-state index in [0.29, 0.717) is 5.56 Å². The Kier molecular flexibility index (Phi) is 3.20. The van der Waals surface area contributed by atoms with Crippen LogP contribution in [-0.4, -0.2) is 23.2 Å². The number of ketones is 1. The third kappa shape index (κ3) is 3.27. The van der Waals surface area contributed by atoms with Gasteiger partial charge in [-0.2, -0.15) is 0 Å². The van der Waals surface area contributed by atoms with Crippen molar-refractivity contribution in [3.63, 3.8) is 0 Å². The fourth-order valence-corrected chi connectivity index (χ4v) is 1.47. The average molecular weight is 270 g/mol. The second kappa shape index (κ2) is 4.68. The molecule has 0 saturated heterocycles. The molecular formula is C12H8F2O5. The van der Waals surface area contributed by atoms with Gasteiger partial charge in [-0.3, -0.25) is 9.59 Å². The monoisotopic (exact) mass is 270 g/mol. The van der Waals surface area contributed by atoms with E-state index in [2.05, 4.69) is 9.47 Å². The maximum absolute atomic E-state index is 12.7. The highest BCUT2D eigenvalue weighted by molar-refractivity contribution is 6.03. The predicted molar refractivity (Wildman–Crippen MR) is 58.9 cm³/mol. The number of fused-ring (bicyclic) bond motifs is 1. The van der Waals surface area contributed by atoms with Crippen LogP contribution in [0.4, 0.5) is 8.78 Å². The molecule has 1 aromatic carbocycles. The highest BCUT2D eigenvalue weighted by atomic mass is 19.3. The minimum atomic E-state index is -3.69. The highest BCUT2D eigenvalue weighted by Crippen LogP contribution is 2.41. The number of carbonyl (C=O) groups excluding carboxylic acids is 1. The largest absolute Gasteiger partial charge is 0.586 e. The number of benzene rings is 1. The Balaban J connectivity index is 2.10. The smallest absolute Gasteiger partial charge is 0.481 e. The van der Waals surface area contributed by atoms with Crippen LogP contribution in [0.1, 0.15) is 12.0 Å². The molecule has 0 radical (unpaired) electrons. The van der Waals surface area contributed by atoms with Crippen molar-refractivity contribution in [2.24, 2.45) is 0 Å². The molecule has 1 N–H and O–H groups in total. The molecule has 0 aliphatic carbocycles. The van der Waals surface area contributed by atoms with Gasteiger partial charge in [0.05, 0.1) is 0 Å². The highest BCUT2D eigenvalue weighted by Gasteiger charge is 2.43. The SMILES string of the molecule is O=C(O)CC(=O)C=Cc1ccc2c(c1)OC(F)(F)O2. The minimum Gasteiger partial charge on any atom is -0.481 e. The van der Waals surface area contributed by atoms with E-state index in [0.717, 1.165) is 6.08 Å². The molecule has 1 heterocycles. The molecule has 0 saturated carbocycles. The molecule has 0 fully saturated rings. The number of halogens is 2. The van der Waals surface area contributed by atoms with Gasteiger partial charge in [0.15, 0.2) is 17.3 Å². The Morgan fingerprint density at radius 2 is 1.95 bits per heavy atom. The van der Waals surface area contributed by atoms with Crippen LogP contribution in [-0.2, 0) is 9.59 Å². The van der Waals surface area contributed by atoms with Crippen LogP contribution in [0.5, 0.6) is 11.5 Å². The van der Waals surface area contributed by atoms with E-state index in [1.54, 1.807) is 0 Å². The summed E-state index contributed by atoms with van der Waals surface area (Å²) in [5.74, 6) is -2.08. The van der Waals surface area contributed by atoms with Crippen molar-refractivity contribution < 1.29 is 33.0 Å². The van der Waals surface area contributed by atoms with Crippen molar-refractivity contribution in [1.82, 2.24) is 0 Å². The molecular weight excluding hydrogens is 262 g/mol. The first-order valence-electron chi connectivity index (χ1n) is 5.18. The van der Waals surface area contributed by atoms with Crippen molar-refractivity contribution in [1.29, 1.82) is 0 Å². The molecule has 1 aliphatic heterocycles. The Morgan fingerprint density at radius 3 is 2.63 bits per heavy atom. The molecule has 1 aromatic rings. The zero-order chi connectivity index (χ0) is 14.0. The first-order chi connectivity index (χ1) is 8.85. The second-order valence-electron chi connectivity index (χ2n) is 3.74. The lowest BCUT2D eigenvalue weighted by Gasteiger charge is -2.04. The van der Waals surface area contributed by atoms with Crippen molar-refractivity contribution in [3.8, 4) is 11.5 Å². The summed E-state index contributed by atoms with van der Waals surface area (Å²) in [6.45, 7) is 0. The molecule has 1 aliphatic rings. The lowest BCUT2D eigenvalue weighted by molar-refractivity contribution is -0.286. The van der Waals surface area contributed by atoms with Gasteiger partial charge in [-0.15, -0.1) is 8.78 Å². The number of carboxylic acids is 1. The van der Waals surface area contributed by atoms with E-state index in [9.17, 15) is 18.4 Å². The maximum Gasteiger partial charge on any atom is 0.586 e. The summed E-state index contributed by atoms with van der Waals surface area (Å²) < 4.78 is 33.9. The van der Waals surface area contributed by atoms with Gasteiger partial charge in [0, 0.05) is 0 Å². The van der Waals surface area contributed by atoms with E-state index in [-0.39, 0.29) is 11.5 Å². The van der Waals surface area contributed by atoms with E-state index in [4.69, 9.17) is 5.11 Å². The molecule has 0 aromatic heterocycles. The lowest BCUT2D eigenvalue weighted by Crippen LogP contribution is -2.25. The zero-order valence-corrected chi connectivity index (χ0v) is 9.43. The van der Waals surface area contributed by atoms with E-state index in [1.165, 1.54) is 24.3 Å². The number of hydrogen-bond acceptors (Lipinski definition) is 4. The number of ether oxygens (including phenoxy) is 2. The van der Waals surface area contributed by atoms with E-state index < -0.39 is 24.5 Å². The standard InChI is InChI=1S/C12H8F2O5/c13-12(14)18-9-4-2-7(5-10(9)19-12)1-3-8(15)6-11(16)17/h1-5H,6H2,(H,16,17). The Bertz CT molecular complexity index is 565. The molecule has 19 heavy (non-hydrogen) atoms. The van der Waals surface area contributed by atoms with E-state index >= 15 is 0 Å². The molecule has 0 bridgehead atoms. The van der Waals surface area contributed by atoms with Gasteiger partial charge < -0.3 is 14.6 Å². The average Bonchev–Trinajstić information content (AvgIpc) is 2.58. The van der Waals surface area contributed by atoms with Gasteiger partial charge in [-0.25, -0.2) is 0 Å². The van der Waals surface area contributed by atoms with Gasteiger partial charge >= 0.3 is 12.3 Å². The summed E-state index contributed by atoms with van der Waals surface area (Å²) in [5, 5.41) is 8.39. The lowest BCUT2D eigenvalue weighted by atomic mass is 10.1. The number of alkyl halides is 2. The van der Waals surface area contributed by atoms with Crippen molar-refractivity contribution in [3.05, 3.63) is 29.8 Å². The van der Waals surface area contributed by atoms with Gasteiger partial charge in [-0.05, 0) is 23.8 Å². The quantitative estimate of drug-likeness (QED) is 0.669. The van der Waals surface area contributed by atoms with Crippen LogP contribution in [0.2, 0.25) is 0 Å². The molecule has 2 rings (SSSR count). The third-order valence-electron chi connectivity index (χ3n) is 2.21. The van der Waals surface area contributed by atoms with Gasteiger partial charge in [0.2, 0.25) is 0 Å². The zero-order valence-electron chi connectivity index (χ0n) is 9.43. The van der Waals surface area contributed by atoms with Crippen molar-refractivity contribution in [2.75, 3.05) is 0 Å². The minimum absolute atomic E-state index is 0.0981. The molecule has 0 atom stereocenters. The number of rotatable bonds is 4. The number of carbonyl (C=O) groups is 2. The molecule has 100 valence electrons. The summed E-state index contributed by atoms with van der Waals surface area (Å²) in [6.07, 6.45) is -1.95. The Labute approximate surface area is 106 Å². The number of aliphatic carboxylic acids is 1. The summed E-state index contributed by atoms with van der Waals surface area (Å²) in [7, 11) is 0. The van der Waals surface area contributed by atoms with E-state index in [1.807, 2.05) is 0 Å². The number of allylic oxidation sites excluding steroid dienone is 1. The number of carboxylic acid groups (broad SMARTS) is 1. The number of hydrogen-bond donors (Lipinski definition) is 1. The molecule has 0 amide bonds. The molecule has 7 heteroatoms. The van der Waals surface area contributed by atoms with Crippen molar-refractivity contribution >= 4 is 17.8 Å².